The fourth-order valence-corrected chi connectivity index (χ4v) is 2.70. The zero-order valence-corrected chi connectivity index (χ0v) is 11.4. The van der Waals surface area contributed by atoms with Gasteiger partial charge >= 0.3 is 0 Å². The first kappa shape index (κ1) is 13.3. The molecular formula is C15H23FN2. The molecule has 2 rings (SSSR count). The Bertz CT molecular complexity index is 392. The second-order valence-electron chi connectivity index (χ2n) is 5.33. The highest BCUT2D eigenvalue weighted by atomic mass is 19.1. The number of hydrogen-bond donors (Lipinski definition) is 1. The van der Waals surface area contributed by atoms with E-state index in [1.165, 1.54) is 24.9 Å². The normalized spacial score (nSPS) is 20.8. The maximum Gasteiger partial charge on any atom is 0.123 e. The molecule has 1 aliphatic rings. The van der Waals surface area contributed by atoms with Crippen LogP contribution in [0.25, 0.3) is 0 Å². The van der Waals surface area contributed by atoms with Crippen LogP contribution in [0.5, 0.6) is 0 Å². The van der Waals surface area contributed by atoms with Crippen molar-refractivity contribution in [1.29, 1.82) is 0 Å². The summed E-state index contributed by atoms with van der Waals surface area (Å²) in [4.78, 5) is 2.41. The van der Waals surface area contributed by atoms with Crippen LogP contribution < -0.4 is 10.2 Å². The van der Waals surface area contributed by atoms with Gasteiger partial charge in [0.25, 0.3) is 0 Å². The van der Waals surface area contributed by atoms with Crippen LogP contribution in [-0.4, -0.2) is 20.1 Å². The molecule has 1 aliphatic heterocycles. The Kier molecular flexibility index (Phi) is 4.59. The van der Waals surface area contributed by atoms with E-state index < -0.39 is 0 Å². The number of nitrogens with zero attached hydrogens (tertiary/aromatic N) is 1. The summed E-state index contributed by atoms with van der Waals surface area (Å²) in [6, 6.07) is 5.15. The van der Waals surface area contributed by atoms with Crippen molar-refractivity contribution in [2.45, 2.75) is 32.7 Å². The van der Waals surface area contributed by atoms with Gasteiger partial charge in [-0.25, -0.2) is 4.39 Å². The molecule has 0 saturated carbocycles. The lowest BCUT2D eigenvalue weighted by Crippen LogP contribution is -2.26. The lowest BCUT2D eigenvalue weighted by molar-refractivity contribution is 0.521. The largest absolute Gasteiger partial charge is 0.371 e. The molecule has 18 heavy (non-hydrogen) atoms. The molecule has 0 aromatic heterocycles. The van der Waals surface area contributed by atoms with Crippen molar-refractivity contribution < 1.29 is 4.39 Å². The van der Waals surface area contributed by atoms with E-state index in [1.54, 1.807) is 12.1 Å². The molecule has 1 unspecified atom stereocenters. The van der Waals surface area contributed by atoms with Gasteiger partial charge < -0.3 is 10.2 Å². The highest BCUT2D eigenvalue weighted by Crippen LogP contribution is 2.26. The summed E-state index contributed by atoms with van der Waals surface area (Å²) in [5.41, 5.74) is 2.26. The Morgan fingerprint density at radius 2 is 2.17 bits per heavy atom. The second kappa shape index (κ2) is 6.19. The molecule has 1 fully saturated rings. The topological polar surface area (TPSA) is 15.3 Å². The summed E-state index contributed by atoms with van der Waals surface area (Å²) in [5.74, 6) is 0.662. The second-order valence-corrected chi connectivity index (χ2v) is 5.33. The third-order valence-corrected chi connectivity index (χ3v) is 3.77. The molecule has 2 nitrogen and oxygen atoms in total. The standard InChI is InChI=1S/C15H23FN2/c1-12-4-3-8-18(9-7-12)15-6-5-14(16)10-13(15)11-17-2/h5-6,10,12,17H,3-4,7-9,11H2,1-2H3. The van der Waals surface area contributed by atoms with Gasteiger partial charge in [-0.15, -0.1) is 0 Å². The number of benzene rings is 1. The molecule has 0 amide bonds. The molecule has 1 atom stereocenters. The molecule has 3 heteroatoms. The zero-order valence-electron chi connectivity index (χ0n) is 11.4. The molecule has 1 aromatic carbocycles. The van der Waals surface area contributed by atoms with Crippen molar-refractivity contribution in [1.82, 2.24) is 5.32 Å². The fraction of sp³-hybridized carbons (Fsp3) is 0.600. The van der Waals surface area contributed by atoms with Crippen LogP contribution in [0.4, 0.5) is 10.1 Å². The van der Waals surface area contributed by atoms with Crippen LogP contribution in [0.2, 0.25) is 0 Å². The van der Waals surface area contributed by atoms with Crippen molar-refractivity contribution >= 4 is 5.69 Å². The Labute approximate surface area is 109 Å². The molecule has 1 saturated heterocycles. The lowest BCUT2D eigenvalue weighted by Gasteiger charge is -2.25. The molecule has 1 heterocycles. The van der Waals surface area contributed by atoms with Gasteiger partial charge in [0, 0.05) is 25.3 Å². The van der Waals surface area contributed by atoms with Crippen molar-refractivity contribution in [3.05, 3.63) is 29.6 Å². The molecule has 100 valence electrons. The van der Waals surface area contributed by atoms with Gasteiger partial charge in [-0.2, -0.15) is 0 Å². The third-order valence-electron chi connectivity index (χ3n) is 3.77. The highest BCUT2D eigenvalue weighted by molar-refractivity contribution is 5.54. The van der Waals surface area contributed by atoms with Crippen molar-refractivity contribution in [3.63, 3.8) is 0 Å². The van der Waals surface area contributed by atoms with Crippen LogP contribution in [0.1, 0.15) is 31.7 Å². The minimum absolute atomic E-state index is 0.146. The number of rotatable bonds is 3. The Morgan fingerprint density at radius 1 is 1.33 bits per heavy atom. The maximum atomic E-state index is 13.3. The third kappa shape index (κ3) is 3.22. The highest BCUT2D eigenvalue weighted by Gasteiger charge is 2.16. The maximum absolute atomic E-state index is 13.3. The number of halogens is 1. The smallest absolute Gasteiger partial charge is 0.123 e. The number of anilines is 1. The first-order chi connectivity index (χ1) is 8.70. The Hall–Kier alpha value is -1.09. The van der Waals surface area contributed by atoms with Crippen LogP contribution in [0.15, 0.2) is 18.2 Å². The first-order valence-electron chi connectivity index (χ1n) is 6.88. The van der Waals surface area contributed by atoms with Gasteiger partial charge in [0.1, 0.15) is 5.82 Å². The summed E-state index contributed by atoms with van der Waals surface area (Å²) < 4.78 is 13.3. The SMILES string of the molecule is CNCc1cc(F)ccc1N1CCCC(C)CC1. The van der Waals surface area contributed by atoms with Crippen LogP contribution in [-0.2, 0) is 6.54 Å². The van der Waals surface area contributed by atoms with Crippen LogP contribution in [0.3, 0.4) is 0 Å². The van der Waals surface area contributed by atoms with E-state index in [9.17, 15) is 4.39 Å². The van der Waals surface area contributed by atoms with E-state index >= 15 is 0 Å². The Balaban J connectivity index is 2.20. The molecule has 0 aliphatic carbocycles. The number of hydrogen-bond acceptors (Lipinski definition) is 2. The monoisotopic (exact) mass is 250 g/mol. The van der Waals surface area contributed by atoms with Gasteiger partial charge in [-0.05, 0) is 56.0 Å². The van der Waals surface area contributed by atoms with E-state index in [0.29, 0.717) is 0 Å². The Morgan fingerprint density at radius 3 is 2.94 bits per heavy atom. The molecule has 0 spiro atoms. The van der Waals surface area contributed by atoms with Gasteiger partial charge in [-0.1, -0.05) is 6.92 Å². The average Bonchev–Trinajstić information content (AvgIpc) is 2.55. The first-order valence-corrected chi connectivity index (χ1v) is 6.88. The van der Waals surface area contributed by atoms with E-state index in [-0.39, 0.29) is 5.82 Å². The average molecular weight is 250 g/mol. The molecule has 0 bridgehead atoms. The predicted molar refractivity (Wildman–Crippen MR) is 74.4 cm³/mol. The minimum atomic E-state index is -0.146. The molecule has 0 radical (unpaired) electrons. The van der Waals surface area contributed by atoms with Crippen molar-refractivity contribution in [2.75, 3.05) is 25.0 Å². The lowest BCUT2D eigenvalue weighted by atomic mass is 10.0. The number of nitrogens with one attached hydrogen (secondary N) is 1. The fourth-order valence-electron chi connectivity index (χ4n) is 2.70. The van der Waals surface area contributed by atoms with Crippen LogP contribution >= 0.6 is 0 Å². The molecule has 1 aromatic rings. The van der Waals surface area contributed by atoms with Gasteiger partial charge in [0.05, 0.1) is 0 Å². The predicted octanol–water partition coefficient (Wildman–Crippen LogP) is 3.17. The summed E-state index contributed by atoms with van der Waals surface area (Å²) in [6.07, 6.45) is 3.77. The summed E-state index contributed by atoms with van der Waals surface area (Å²) in [6.45, 7) is 5.22. The van der Waals surface area contributed by atoms with Gasteiger partial charge in [0.15, 0.2) is 0 Å². The summed E-state index contributed by atoms with van der Waals surface area (Å²) in [7, 11) is 1.90. The molecular weight excluding hydrogens is 227 g/mol. The van der Waals surface area contributed by atoms with Crippen LogP contribution in [0, 0.1) is 11.7 Å². The van der Waals surface area contributed by atoms with E-state index in [4.69, 9.17) is 0 Å². The van der Waals surface area contributed by atoms with Crippen molar-refractivity contribution in [2.24, 2.45) is 5.92 Å². The van der Waals surface area contributed by atoms with Gasteiger partial charge in [0.2, 0.25) is 0 Å². The quantitative estimate of drug-likeness (QED) is 0.886. The van der Waals surface area contributed by atoms with E-state index in [0.717, 1.165) is 31.1 Å². The summed E-state index contributed by atoms with van der Waals surface area (Å²) in [5, 5.41) is 3.12. The van der Waals surface area contributed by atoms with E-state index in [2.05, 4.69) is 17.1 Å². The summed E-state index contributed by atoms with van der Waals surface area (Å²) >= 11 is 0. The molecule has 1 N–H and O–H groups in total. The van der Waals surface area contributed by atoms with Crippen molar-refractivity contribution in [3.8, 4) is 0 Å². The zero-order chi connectivity index (χ0) is 13.0. The van der Waals surface area contributed by atoms with Gasteiger partial charge in [-0.3, -0.25) is 0 Å². The van der Waals surface area contributed by atoms with E-state index in [1.807, 2.05) is 13.1 Å². The minimum Gasteiger partial charge on any atom is -0.371 e.